The summed E-state index contributed by atoms with van der Waals surface area (Å²) in [5, 5.41) is 12.1. The number of nitrogens with zero attached hydrogens (tertiary/aromatic N) is 1. The molecule has 0 aliphatic heterocycles. The highest BCUT2D eigenvalue weighted by atomic mass is 35.5. The summed E-state index contributed by atoms with van der Waals surface area (Å²) in [6, 6.07) is 2.52. The SMILES string of the molecule is CC(C)(O)CONC(=O)Nc1ccnc(Cl)c1. The van der Waals surface area contributed by atoms with Gasteiger partial charge in [-0.25, -0.2) is 15.3 Å². The van der Waals surface area contributed by atoms with E-state index < -0.39 is 11.6 Å². The van der Waals surface area contributed by atoms with Gasteiger partial charge in [-0.3, -0.25) is 4.84 Å². The van der Waals surface area contributed by atoms with Crippen LogP contribution in [0.1, 0.15) is 13.8 Å². The van der Waals surface area contributed by atoms with Gasteiger partial charge in [-0.1, -0.05) is 11.6 Å². The van der Waals surface area contributed by atoms with Gasteiger partial charge in [-0.15, -0.1) is 0 Å². The highest BCUT2D eigenvalue weighted by molar-refractivity contribution is 6.29. The second-order valence-corrected chi connectivity index (χ2v) is 4.41. The maximum absolute atomic E-state index is 11.3. The fourth-order valence-electron chi connectivity index (χ4n) is 0.915. The number of rotatable bonds is 4. The molecule has 0 aliphatic carbocycles. The molecule has 2 amide bonds. The minimum atomic E-state index is -1.01. The summed E-state index contributed by atoms with van der Waals surface area (Å²) in [5.41, 5.74) is 1.62. The van der Waals surface area contributed by atoms with E-state index in [1.165, 1.54) is 12.3 Å². The van der Waals surface area contributed by atoms with Crippen LogP contribution in [0, 0.1) is 0 Å². The number of carbonyl (C=O) groups excluding carboxylic acids is 1. The molecule has 1 heterocycles. The Hall–Kier alpha value is -1.37. The predicted octanol–water partition coefficient (Wildman–Crippen LogP) is 1.56. The molecule has 0 atom stereocenters. The van der Waals surface area contributed by atoms with Crippen molar-refractivity contribution in [2.24, 2.45) is 0 Å². The number of halogens is 1. The molecule has 0 unspecified atom stereocenters. The number of pyridine rings is 1. The minimum Gasteiger partial charge on any atom is -0.388 e. The van der Waals surface area contributed by atoms with Crippen LogP contribution in [0.5, 0.6) is 0 Å². The molecule has 0 spiro atoms. The van der Waals surface area contributed by atoms with Crippen LogP contribution in [0.15, 0.2) is 18.3 Å². The molecule has 17 heavy (non-hydrogen) atoms. The van der Waals surface area contributed by atoms with E-state index in [-0.39, 0.29) is 11.8 Å². The molecule has 0 aromatic carbocycles. The van der Waals surface area contributed by atoms with Crippen molar-refractivity contribution in [2.45, 2.75) is 19.4 Å². The zero-order valence-corrected chi connectivity index (χ0v) is 10.3. The van der Waals surface area contributed by atoms with Gasteiger partial charge < -0.3 is 10.4 Å². The summed E-state index contributed by atoms with van der Waals surface area (Å²) in [4.78, 5) is 19.9. The lowest BCUT2D eigenvalue weighted by molar-refractivity contribution is -0.0467. The number of hydrogen-bond acceptors (Lipinski definition) is 4. The van der Waals surface area contributed by atoms with E-state index >= 15 is 0 Å². The Morgan fingerprint density at radius 1 is 1.65 bits per heavy atom. The minimum absolute atomic E-state index is 0.0163. The lowest BCUT2D eigenvalue weighted by Crippen LogP contribution is -2.35. The van der Waals surface area contributed by atoms with E-state index in [1.54, 1.807) is 19.9 Å². The lowest BCUT2D eigenvalue weighted by Gasteiger charge is -2.16. The van der Waals surface area contributed by atoms with Gasteiger partial charge in [0.1, 0.15) is 11.8 Å². The normalized spacial score (nSPS) is 11.1. The van der Waals surface area contributed by atoms with Crippen molar-refractivity contribution in [1.29, 1.82) is 0 Å². The summed E-state index contributed by atoms with van der Waals surface area (Å²) < 4.78 is 0. The number of amides is 2. The number of aliphatic hydroxyl groups is 1. The van der Waals surface area contributed by atoms with E-state index in [0.717, 1.165) is 0 Å². The molecule has 94 valence electrons. The standard InChI is InChI=1S/C10H14ClN3O3/c1-10(2,16)6-17-14-9(15)13-7-3-4-12-8(11)5-7/h3-5,16H,6H2,1-2H3,(H2,12,13,14,15). The number of anilines is 1. The number of aromatic nitrogens is 1. The third-order valence-electron chi connectivity index (χ3n) is 1.57. The van der Waals surface area contributed by atoms with Crippen LogP contribution < -0.4 is 10.8 Å². The molecule has 0 bridgehead atoms. The van der Waals surface area contributed by atoms with Crippen molar-refractivity contribution >= 4 is 23.3 Å². The number of carbonyl (C=O) groups is 1. The van der Waals surface area contributed by atoms with E-state index in [2.05, 4.69) is 15.8 Å². The van der Waals surface area contributed by atoms with Crippen LogP contribution >= 0.6 is 11.6 Å². The topological polar surface area (TPSA) is 83.5 Å². The van der Waals surface area contributed by atoms with Gasteiger partial charge in [0.05, 0.1) is 5.60 Å². The Morgan fingerprint density at radius 2 is 2.35 bits per heavy atom. The molecule has 0 radical (unpaired) electrons. The molecule has 0 saturated carbocycles. The average molecular weight is 260 g/mol. The zero-order chi connectivity index (χ0) is 12.9. The summed E-state index contributed by atoms with van der Waals surface area (Å²) in [7, 11) is 0. The smallest absolute Gasteiger partial charge is 0.343 e. The average Bonchev–Trinajstić information content (AvgIpc) is 2.15. The second-order valence-electron chi connectivity index (χ2n) is 4.02. The molecular weight excluding hydrogens is 246 g/mol. The van der Waals surface area contributed by atoms with Crippen LogP contribution in [-0.2, 0) is 4.84 Å². The second kappa shape index (κ2) is 5.81. The van der Waals surface area contributed by atoms with Crippen LogP contribution in [0.25, 0.3) is 0 Å². The largest absolute Gasteiger partial charge is 0.388 e. The van der Waals surface area contributed by atoms with Crippen LogP contribution in [0.2, 0.25) is 5.15 Å². The molecule has 0 saturated heterocycles. The van der Waals surface area contributed by atoms with Gasteiger partial charge in [0, 0.05) is 11.9 Å². The Morgan fingerprint density at radius 3 is 2.94 bits per heavy atom. The summed E-state index contributed by atoms with van der Waals surface area (Å²) in [5.74, 6) is 0. The first kappa shape index (κ1) is 13.7. The van der Waals surface area contributed by atoms with Crippen molar-refractivity contribution in [1.82, 2.24) is 10.5 Å². The van der Waals surface area contributed by atoms with Crippen molar-refractivity contribution < 1.29 is 14.7 Å². The predicted molar refractivity (Wildman–Crippen MR) is 63.7 cm³/mol. The quantitative estimate of drug-likeness (QED) is 0.566. The van der Waals surface area contributed by atoms with Gasteiger partial charge in [0.15, 0.2) is 0 Å². The molecule has 7 heteroatoms. The number of hydrogen-bond donors (Lipinski definition) is 3. The molecule has 1 aromatic rings. The van der Waals surface area contributed by atoms with E-state index in [0.29, 0.717) is 5.69 Å². The number of hydroxylamine groups is 1. The van der Waals surface area contributed by atoms with Gasteiger partial charge in [-0.05, 0) is 26.0 Å². The van der Waals surface area contributed by atoms with Crippen LogP contribution in [0.4, 0.5) is 10.5 Å². The Bertz CT molecular complexity index is 393. The van der Waals surface area contributed by atoms with Crippen molar-refractivity contribution in [3.8, 4) is 0 Å². The van der Waals surface area contributed by atoms with Gasteiger partial charge in [0.2, 0.25) is 0 Å². The number of nitrogens with one attached hydrogen (secondary N) is 2. The highest BCUT2D eigenvalue weighted by Crippen LogP contribution is 2.11. The van der Waals surface area contributed by atoms with Crippen LogP contribution in [-0.4, -0.2) is 28.3 Å². The Labute approximate surface area is 104 Å². The molecule has 0 aliphatic rings. The third-order valence-corrected chi connectivity index (χ3v) is 1.78. The van der Waals surface area contributed by atoms with E-state index in [9.17, 15) is 9.90 Å². The number of urea groups is 1. The molecule has 0 fully saturated rings. The highest BCUT2D eigenvalue weighted by Gasteiger charge is 2.13. The molecule has 1 aromatic heterocycles. The fourth-order valence-corrected chi connectivity index (χ4v) is 1.09. The summed E-state index contributed by atoms with van der Waals surface area (Å²) in [6.07, 6.45) is 1.47. The maximum atomic E-state index is 11.3. The van der Waals surface area contributed by atoms with Crippen LogP contribution in [0.3, 0.4) is 0 Å². The Kier molecular flexibility index (Phi) is 4.68. The van der Waals surface area contributed by atoms with Crippen molar-refractivity contribution in [2.75, 3.05) is 11.9 Å². The maximum Gasteiger partial charge on any atom is 0.343 e. The molecular formula is C10H14ClN3O3. The lowest BCUT2D eigenvalue weighted by atomic mass is 10.2. The fraction of sp³-hybridized carbons (Fsp3) is 0.400. The van der Waals surface area contributed by atoms with Gasteiger partial charge >= 0.3 is 6.03 Å². The monoisotopic (exact) mass is 259 g/mol. The molecule has 3 N–H and O–H groups in total. The summed E-state index contributed by atoms with van der Waals surface area (Å²) in [6.45, 7) is 3.11. The first-order chi connectivity index (χ1) is 7.87. The molecule has 1 rings (SSSR count). The first-order valence-corrected chi connectivity index (χ1v) is 5.27. The Balaban J connectivity index is 2.35. The van der Waals surface area contributed by atoms with Gasteiger partial charge in [0.25, 0.3) is 0 Å². The van der Waals surface area contributed by atoms with Crippen molar-refractivity contribution in [3.05, 3.63) is 23.5 Å². The van der Waals surface area contributed by atoms with E-state index in [1.807, 2.05) is 0 Å². The van der Waals surface area contributed by atoms with E-state index in [4.69, 9.17) is 16.4 Å². The summed E-state index contributed by atoms with van der Waals surface area (Å²) >= 11 is 5.65. The first-order valence-electron chi connectivity index (χ1n) is 4.89. The zero-order valence-electron chi connectivity index (χ0n) is 9.53. The third kappa shape index (κ3) is 6.06. The van der Waals surface area contributed by atoms with Gasteiger partial charge in [-0.2, -0.15) is 0 Å². The molecule has 6 nitrogen and oxygen atoms in total. The van der Waals surface area contributed by atoms with Crippen molar-refractivity contribution in [3.63, 3.8) is 0 Å².